The van der Waals surface area contributed by atoms with Crippen LogP contribution >= 0.6 is 23.1 Å². The van der Waals surface area contributed by atoms with Gasteiger partial charge in [0, 0.05) is 5.56 Å². The van der Waals surface area contributed by atoms with Gasteiger partial charge in [-0.15, -0.1) is 10.2 Å². The van der Waals surface area contributed by atoms with Gasteiger partial charge in [-0.05, 0) is 18.2 Å². The van der Waals surface area contributed by atoms with Gasteiger partial charge in [0.15, 0.2) is 4.34 Å². The summed E-state index contributed by atoms with van der Waals surface area (Å²) in [6.07, 6.45) is 0. The lowest BCUT2D eigenvalue weighted by Gasteiger charge is -2.00. The van der Waals surface area contributed by atoms with Crippen LogP contribution in [0.1, 0.15) is 10.4 Å². The van der Waals surface area contributed by atoms with Crippen LogP contribution in [0.4, 0.5) is 9.52 Å². The van der Waals surface area contributed by atoms with Crippen molar-refractivity contribution >= 4 is 40.1 Å². The summed E-state index contributed by atoms with van der Waals surface area (Å²) in [5.41, 5.74) is 0.167. The normalized spacial score (nSPS) is 10.2. The monoisotopic (exact) mass is 313 g/mol. The van der Waals surface area contributed by atoms with Crippen molar-refractivity contribution in [3.8, 4) is 0 Å². The Morgan fingerprint density at radius 3 is 2.90 bits per heavy atom. The zero-order valence-corrected chi connectivity index (χ0v) is 11.5. The first-order chi connectivity index (χ1) is 9.54. The molecule has 0 saturated carbocycles. The summed E-state index contributed by atoms with van der Waals surface area (Å²) >= 11 is 2.06. The fraction of sp³-hybridized carbons (Fsp3) is 0.0909. The number of carboxylic acid groups (broad SMARTS) is 1. The molecule has 0 fully saturated rings. The number of rotatable bonds is 5. The first kappa shape index (κ1) is 14.4. The van der Waals surface area contributed by atoms with E-state index in [1.807, 2.05) is 0 Å². The molecule has 1 heterocycles. The molecule has 0 aliphatic carbocycles. The lowest BCUT2D eigenvalue weighted by atomic mass is 10.2. The van der Waals surface area contributed by atoms with E-state index in [1.54, 1.807) is 0 Å². The van der Waals surface area contributed by atoms with Gasteiger partial charge in [-0.2, -0.15) is 0 Å². The van der Waals surface area contributed by atoms with Crippen molar-refractivity contribution in [3.05, 3.63) is 35.6 Å². The number of amides is 1. The maximum atomic E-state index is 13.0. The highest BCUT2D eigenvalue weighted by atomic mass is 32.2. The van der Waals surface area contributed by atoms with E-state index in [4.69, 9.17) is 5.11 Å². The number of carbonyl (C=O) groups is 2. The molecule has 1 amide bonds. The summed E-state index contributed by atoms with van der Waals surface area (Å²) in [5, 5.41) is 18.7. The molecule has 2 rings (SSSR count). The highest BCUT2D eigenvalue weighted by Gasteiger charge is 2.11. The van der Waals surface area contributed by atoms with Crippen LogP contribution in [0.3, 0.4) is 0 Å². The third-order valence-electron chi connectivity index (χ3n) is 2.03. The number of thioether (sulfide) groups is 1. The quantitative estimate of drug-likeness (QED) is 0.649. The Hall–Kier alpha value is -2.00. The average Bonchev–Trinajstić information content (AvgIpc) is 2.84. The van der Waals surface area contributed by atoms with E-state index in [0.29, 0.717) is 4.34 Å². The largest absolute Gasteiger partial charge is 0.481 e. The Balaban J connectivity index is 1.99. The molecule has 0 spiro atoms. The van der Waals surface area contributed by atoms with Crippen molar-refractivity contribution in [2.45, 2.75) is 4.34 Å². The standard InChI is InChI=1S/C11H8FN3O3S2/c12-7-3-1-2-6(4-7)9(18)13-10-14-15-11(20-10)19-5-8(16)17/h1-4H,5H2,(H,16,17)(H,13,14,18). The zero-order chi connectivity index (χ0) is 14.5. The third kappa shape index (κ3) is 4.00. The van der Waals surface area contributed by atoms with Crippen LogP contribution in [-0.4, -0.2) is 32.9 Å². The zero-order valence-electron chi connectivity index (χ0n) is 9.87. The van der Waals surface area contributed by atoms with Gasteiger partial charge in [0.05, 0.1) is 5.75 Å². The Morgan fingerprint density at radius 1 is 1.40 bits per heavy atom. The van der Waals surface area contributed by atoms with Crippen molar-refractivity contribution in [1.82, 2.24) is 10.2 Å². The Labute approximate surface area is 121 Å². The fourth-order valence-electron chi connectivity index (χ4n) is 1.24. The van der Waals surface area contributed by atoms with Crippen LogP contribution < -0.4 is 5.32 Å². The van der Waals surface area contributed by atoms with Gasteiger partial charge in [-0.25, -0.2) is 4.39 Å². The molecule has 0 atom stereocenters. The molecule has 0 aliphatic heterocycles. The number of hydrogen-bond donors (Lipinski definition) is 2. The molecule has 2 N–H and O–H groups in total. The van der Waals surface area contributed by atoms with Crippen LogP contribution in [0.2, 0.25) is 0 Å². The number of carboxylic acids is 1. The summed E-state index contributed by atoms with van der Waals surface area (Å²) in [6, 6.07) is 5.25. The number of nitrogens with zero attached hydrogens (tertiary/aromatic N) is 2. The Bertz CT molecular complexity index is 647. The van der Waals surface area contributed by atoms with Gasteiger partial charge >= 0.3 is 5.97 Å². The van der Waals surface area contributed by atoms with E-state index < -0.39 is 17.7 Å². The SMILES string of the molecule is O=C(O)CSc1nnc(NC(=O)c2cccc(F)c2)s1. The van der Waals surface area contributed by atoms with Crippen molar-refractivity contribution in [2.75, 3.05) is 11.1 Å². The molecule has 0 aliphatic rings. The van der Waals surface area contributed by atoms with Crippen molar-refractivity contribution < 1.29 is 19.1 Å². The fourth-order valence-corrected chi connectivity index (χ4v) is 2.71. The summed E-state index contributed by atoms with van der Waals surface area (Å²) < 4.78 is 13.4. The molecule has 0 saturated heterocycles. The lowest BCUT2D eigenvalue weighted by molar-refractivity contribution is -0.133. The summed E-state index contributed by atoms with van der Waals surface area (Å²) in [4.78, 5) is 22.2. The van der Waals surface area contributed by atoms with Gasteiger partial charge in [0.25, 0.3) is 5.91 Å². The number of anilines is 1. The average molecular weight is 313 g/mol. The maximum absolute atomic E-state index is 13.0. The number of halogens is 1. The highest BCUT2D eigenvalue weighted by Crippen LogP contribution is 2.25. The summed E-state index contributed by atoms with van der Waals surface area (Å²) in [5.74, 6) is -2.11. The number of benzene rings is 1. The molecular formula is C11H8FN3O3S2. The molecule has 9 heteroatoms. The van der Waals surface area contributed by atoms with Crippen LogP contribution in [0.25, 0.3) is 0 Å². The number of aliphatic carboxylic acids is 1. The molecule has 20 heavy (non-hydrogen) atoms. The molecule has 6 nitrogen and oxygen atoms in total. The second kappa shape index (κ2) is 6.44. The van der Waals surface area contributed by atoms with Crippen molar-refractivity contribution in [2.24, 2.45) is 0 Å². The molecule has 0 bridgehead atoms. The van der Waals surface area contributed by atoms with E-state index in [-0.39, 0.29) is 16.4 Å². The summed E-state index contributed by atoms with van der Waals surface area (Å²) in [6.45, 7) is 0. The van der Waals surface area contributed by atoms with E-state index in [9.17, 15) is 14.0 Å². The molecule has 0 radical (unpaired) electrons. The van der Waals surface area contributed by atoms with E-state index >= 15 is 0 Å². The van der Waals surface area contributed by atoms with Gasteiger partial charge in [-0.1, -0.05) is 29.2 Å². The second-order valence-electron chi connectivity index (χ2n) is 3.52. The maximum Gasteiger partial charge on any atom is 0.313 e. The van der Waals surface area contributed by atoms with E-state index in [0.717, 1.165) is 29.2 Å². The molecule has 104 valence electrons. The number of nitrogens with one attached hydrogen (secondary N) is 1. The molecule has 0 unspecified atom stereocenters. The number of aromatic nitrogens is 2. The minimum Gasteiger partial charge on any atom is -0.481 e. The van der Waals surface area contributed by atoms with Crippen molar-refractivity contribution in [3.63, 3.8) is 0 Å². The van der Waals surface area contributed by atoms with Crippen LogP contribution in [0.15, 0.2) is 28.6 Å². The lowest BCUT2D eigenvalue weighted by Crippen LogP contribution is -2.11. The van der Waals surface area contributed by atoms with Crippen LogP contribution in [-0.2, 0) is 4.79 Å². The van der Waals surface area contributed by atoms with Gasteiger partial charge in [0.2, 0.25) is 5.13 Å². The highest BCUT2D eigenvalue weighted by molar-refractivity contribution is 8.01. The minimum absolute atomic E-state index is 0.132. The first-order valence-corrected chi connectivity index (χ1v) is 7.10. The van der Waals surface area contributed by atoms with Gasteiger partial charge in [-0.3, -0.25) is 14.9 Å². The van der Waals surface area contributed by atoms with E-state index in [1.165, 1.54) is 18.2 Å². The molecule has 1 aromatic carbocycles. The summed E-state index contributed by atoms with van der Waals surface area (Å²) in [7, 11) is 0. The predicted molar refractivity (Wildman–Crippen MR) is 72.6 cm³/mol. The Kier molecular flexibility index (Phi) is 4.64. The van der Waals surface area contributed by atoms with Gasteiger partial charge in [0.1, 0.15) is 5.82 Å². The third-order valence-corrected chi connectivity index (χ3v) is 3.99. The number of carbonyl (C=O) groups excluding carboxylic acids is 1. The van der Waals surface area contributed by atoms with Crippen molar-refractivity contribution in [1.29, 1.82) is 0 Å². The first-order valence-electron chi connectivity index (χ1n) is 5.29. The molecule has 1 aromatic heterocycles. The molecular weight excluding hydrogens is 305 g/mol. The predicted octanol–water partition coefficient (Wildman–Crippen LogP) is 2.11. The second-order valence-corrected chi connectivity index (χ2v) is 5.72. The smallest absolute Gasteiger partial charge is 0.313 e. The van der Waals surface area contributed by atoms with Gasteiger partial charge < -0.3 is 5.11 Å². The minimum atomic E-state index is -0.962. The van der Waals surface area contributed by atoms with Crippen LogP contribution in [0.5, 0.6) is 0 Å². The van der Waals surface area contributed by atoms with E-state index in [2.05, 4.69) is 15.5 Å². The molecule has 2 aromatic rings. The number of hydrogen-bond acceptors (Lipinski definition) is 6. The Morgan fingerprint density at radius 2 is 2.20 bits per heavy atom. The topological polar surface area (TPSA) is 92.2 Å². The van der Waals surface area contributed by atoms with Crippen LogP contribution in [0, 0.1) is 5.82 Å².